The summed E-state index contributed by atoms with van der Waals surface area (Å²) in [6.07, 6.45) is 1.10. The van der Waals surface area contributed by atoms with Gasteiger partial charge in [0.2, 0.25) is 0 Å². The van der Waals surface area contributed by atoms with Crippen LogP contribution in [0.15, 0.2) is 47.4 Å². The Labute approximate surface area is 173 Å². The van der Waals surface area contributed by atoms with E-state index in [0.717, 1.165) is 11.8 Å². The molecule has 3 aromatic rings. The second kappa shape index (κ2) is 7.96. The Kier molecular flexibility index (Phi) is 5.77. The van der Waals surface area contributed by atoms with Gasteiger partial charge >= 0.3 is 0 Å². The number of nitrogens with one attached hydrogen (secondary N) is 1. The maximum absolute atomic E-state index is 13.1. The number of hydrogen-bond acceptors (Lipinski definition) is 4. The normalized spacial score (nSPS) is 11.5. The maximum atomic E-state index is 13.1. The zero-order valence-electron chi connectivity index (χ0n) is 16.0. The summed E-state index contributed by atoms with van der Waals surface area (Å²) >= 11 is 6.39. The molecular formula is C20H19ClFN3O3S. The van der Waals surface area contributed by atoms with Gasteiger partial charge < -0.3 is 5.32 Å². The average Bonchev–Trinajstić information content (AvgIpc) is 2.91. The van der Waals surface area contributed by atoms with Crippen molar-refractivity contribution in [2.45, 2.75) is 25.3 Å². The molecule has 0 atom stereocenters. The highest BCUT2D eigenvalue weighted by Gasteiger charge is 2.21. The van der Waals surface area contributed by atoms with Crippen molar-refractivity contribution in [3.63, 3.8) is 0 Å². The van der Waals surface area contributed by atoms with E-state index < -0.39 is 15.7 Å². The van der Waals surface area contributed by atoms with Gasteiger partial charge in [0.05, 0.1) is 22.7 Å². The Balaban J connectivity index is 1.89. The van der Waals surface area contributed by atoms with Crippen molar-refractivity contribution < 1.29 is 17.6 Å². The third-order valence-electron chi connectivity index (χ3n) is 4.42. The summed E-state index contributed by atoms with van der Waals surface area (Å²) in [5, 5.41) is 7.16. The first-order valence-corrected chi connectivity index (χ1v) is 10.9. The lowest BCUT2D eigenvalue weighted by Crippen LogP contribution is -2.14. The standard InChI is InChI=1S/C20H19ClFN3O3S/c1-12-4-9-16(29(3,27)28)10-17(12)23-20(26)18-13(2)24-25(19(18)21)11-14-5-7-15(22)8-6-14/h4-10H,11H2,1-3H3,(H,23,26). The predicted octanol–water partition coefficient (Wildman–Crippen LogP) is 4.00. The van der Waals surface area contributed by atoms with Crippen molar-refractivity contribution in [1.82, 2.24) is 9.78 Å². The maximum Gasteiger partial charge on any atom is 0.260 e. The number of halogens is 2. The van der Waals surface area contributed by atoms with Crippen molar-refractivity contribution in [1.29, 1.82) is 0 Å². The number of anilines is 1. The number of aromatic nitrogens is 2. The van der Waals surface area contributed by atoms with Crippen LogP contribution in [0, 0.1) is 19.7 Å². The highest BCUT2D eigenvalue weighted by atomic mass is 35.5. The van der Waals surface area contributed by atoms with Crippen molar-refractivity contribution >= 4 is 33.0 Å². The first kappa shape index (κ1) is 21.0. The summed E-state index contributed by atoms with van der Waals surface area (Å²) in [7, 11) is -3.41. The minimum Gasteiger partial charge on any atom is -0.322 e. The molecule has 0 aliphatic rings. The molecule has 0 spiro atoms. The molecule has 0 saturated carbocycles. The molecule has 3 rings (SSSR count). The highest BCUT2D eigenvalue weighted by molar-refractivity contribution is 7.90. The molecule has 9 heteroatoms. The number of amides is 1. The van der Waals surface area contributed by atoms with Crippen LogP contribution in [-0.2, 0) is 16.4 Å². The molecule has 0 aliphatic heterocycles. The van der Waals surface area contributed by atoms with Gasteiger partial charge in [-0.25, -0.2) is 17.5 Å². The van der Waals surface area contributed by atoms with Crippen LogP contribution in [0.5, 0.6) is 0 Å². The molecule has 1 aromatic heterocycles. The summed E-state index contributed by atoms with van der Waals surface area (Å²) in [5.41, 5.74) is 2.47. The Hall–Kier alpha value is -2.71. The van der Waals surface area contributed by atoms with Crippen LogP contribution in [0.1, 0.15) is 27.2 Å². The molecule has 6 nitrogen and oxygen atoms in total. The monoisotopic (exact) mass is 435 g/mol. The molecule has 1 amide bonds. The van der Waals surface area contributed by atoms with E-state index in [9.17, 15) is 17.6 Å². The first-order valence-electron chi connectivity index (χ1n) is 8.65. The van der Waals surface area contributed by atoms with Crippen LogP contribution in [0.3, 0.4) is 0 Å². The van der Waals surface area contributed by atoms with E-state index in [4.69, 9.17) is 11.6 Å². The molecule has 0 fully saturated rings. The van der Waals surface area contributed by atoms with Gasteiger partial charge in [-0.3, -0.25) is 4.79 Å². The Morgan fingerprint density at radius 2 is 1.83 bits per heavy atom. The largest absolute Gasteiger partial charge is 0.322 e. The van der Waals surface area contributed by atoms with Gasteiger partial charge in [-0.2, -0.15) is 5.10 Å². The summed E-state index contributed by atoms with van der Waals surface area (Å²) in [5.74, 6) is -0.838. The lowest BCUT2D eigenvalue weighted by Gasteiger charge is -2.10. The van der Waals surface area contributed by atoms with E-state index in [1.165, 1.54) is 28.9 Å². The molecule has 0 unspecified atom stereocenters. The lowest BCUT2D eigenvalue weighted by molar-refractivity contribution is 0.102. The Morgan fingerprint density at radius 1 is 1.17 bits per heavy atom. The summed E-state index contributed by atoms with van der Waals surface area (Å²) < 4.78 is 38.1. The number of rotatable bonds is 5. The molecule has 2 aromatic carbocycles. The molecular weight excluding hydrogens is 417 g/mol. The van der Waals surface area contributed by atoms with E-state index >= 15 is 0 Å². The third-order valence-corrected chi connectivity index (χ3v) is 5.92. The Bertz CT molecular complexity index is 1190. The molecule has 0 aliphatic carbocycles. The van der Waals surface area contributed by atoms with Gasteiger partial charge in [0, 0.05) is 11.9 Å². The third kappa shape index (κ3) is 4.65. The van der Waals surface area contributed by atoms with Crippen LogP contribution in [0.4, 0.5) is 10.1 Å². The van der Waals surface area contributed by atoms with Crippen molar-refractivity contribution in [2.75, 3.05) is 11.6 Å². The van der Waals surface area contributed by atoms with Crippen LogP contribution < -0.4 is 5.32 Å². The van der Waals surface area contributed by atoms with Crippen LogP contribution in [0.2, 0.25) is 5.15 Å². The van der Waals surface area contributed by atoms with Crippen LogP contribution >= 0.6 is 11.6 Å². The van der Waals surface area contributed by atoms with E-state index in [1.54, 1.807) is 32.0 Å². The number of nitrogens with zero attached hydrogens (tertiary/aromatic N) is 2. The molecule has 1 N–H and O–H groups in total. The average molecular weight is 436 g/mol. The van der Waals surface area contributed by atoms with Gasteiger partial charge in [-0.1, -0.05) is 29.8 Å². The summed E-state index contributed by atoms with van der Waals surface area (Å²) in [4.78, 5) is 12.9. The van der Waals surface area contributed by atoms with Gasteiger partial charge in [0.25, 0.3) is 5.91 Å². The van der Waals surface area contributed by atoms with Crippen LogP contribution in [0.25, 0.3) is 0 Å². The van der Waals surface area contributed by atoms with Gasteiger partial charge in [-0.15, -0.1) is 0 Å². The Morgan fingerprint density at radius 3 is 2.45 bits per heavy atom. The number of aryl methyl sites for hydroxylation is 2. The van der Waals surface area contributed by atoms with Gasteiger partial charge in [0.15, 0.2) is 9.84 Å². The van der Waals surface area contributed by atoms with E-state index in [0.29, 0.717) is 16.9 Å². The number of carbonyl (C=O) groups is 1. The first-order chi connectivity index (χ1) is 13.6. The van der Waals surface area contributed by atoms with Gasteiger partial charge in [0.1, 0.15) is 11.0 Å². The summed E-state index contributed by atoms with van der Waals surface area (Å²) in [6.45, 7) is 3.69. The van der Waals surface area contributed by atoms with Gasteiger partial charge in [-0.05, 0) is 49.2 Å². The van der Waals surface area contributed by atoms with E-state index in [-0.39, 0.29) is 28.0 Å². The fourth-order valence-electron chi connectivity index (χ4n) is 2.83. The number of benzene rings is 2. The molecule has 0 radical (unpaired) electrons. The lowest BCUT2D eigenvalue weighted by atomic mass is 10.2. The topological polar surface area (TPSA) is 81.1 Å². The van der Waals surface area contributed by atoms with E-state index in [1.807, 2.05) is 0 Å². The molecule has 29 heavy (non-hydrogen) atoms. The zero-order valence-corrected chi connectivity index (χ0v) is 17.6. The number of carbonyl (C=O) groups excluding carboxylic acids is 1. The van der Waals surface area contributed by atoms with E-state index in [2.05, 4.69) is 10.4 Å². The smallest absolute Gasteiger partial charge is 0.260 e. The SMILES string of the molecule is Cc1ccc(S(C)(=O)=O)cc1NC(=O)c1c(C)nn(Cc2ccc(F)cc2)c1Cl. The fraction of sp³-hybridized carbons (Fsp3) is 0.200. The highest BCUT2D eigenvalue weighted by Crippen LogP contribution is 2.25. The number of hydrogen-bond donors (Lipinski definition) is 1. The minimum atomic E-state index is -3.41. The molecule has 152 valence electrons. The van der Waals surface area contributed by atoms with Crippen LogP contribution in [-0.4, -0.2) is 30.4 Å². The second-order valence-electron chi connectivity index (χ2n) is 6.74. The quantitative estimate of drug-likeness (QED) is 0.656. The van der Waals surface area contributed by atoms with Crippen molar-refractivity contribution in [3.05, 3.63) is 75.8 Å². The van der Waals surface area contributed by atoms with Crippen molar-refractivity contribution in [2.24, 2.45) is 0 Å². The van der Waals surface area contributed by atoms with Crippen molar-refractivity contribution in [3.8, 4) is 0 Å². The molecule has 0 bridgehead atoms. The molecule has 1 heterocycles. The summed E-state index contributed by atoms with van der Waals surface area (Å²) in [6, 6.07) is 10.4. The molecule has 0 saturated heterocycles. The fourth-order valence-corrected chi connectivity index (χ4v) is 3.80. The predicted molar refractivity (Wildman–Crippen MR) is 110 cm³/mol. The number of sulfone groups is 1. The minimum absolute atomic E-state index is 0.105. The second-order valence-corrected chi connectivity index (χ2v) is 9.11. The zero-order chi connectivity index (χ0) is 21.3.